The quantitative estimate of drug-likeness (QED) is 0.684. The molecule has 2 N–H and O–H groups in total. The lowest BCUT2D eigenvalue weighted by molar-refractivity contribution is 0.314. The molecule has 1 aliphatic rings. The molecule has 0 spiro atoms. The van der Waals surface area contributed by atoms with Crippen LogP contribution < -0.4 is 10.6 Å². The Labute approximate surface area is 88.8 Å². The predicted molar refractivity (Wildman–Crippen MR) is 62.6 cm³/mol. The van der Waals surface area contributed by atoms with Gasteiger partial charge in [-0.05, 0) is 12.8 Å². The number of hydrogen-bond acceptors (Lipinski definition) is 2. The van der Waals surface area contributed by atoms with Gasteiger partial charge in [0.05, 0.1) is 0 Å². The predicted octanol–water partition coefficient (Wildman–Crippen LogP) is 2.30. The molecular formula is C12H26N2. The van der Waals surface area contributed by atoms with Crippen LogP contribution in [0.3, 0.4) is 0 Å². The van der Waals surface area contributed by atoms with Crippen molar-refractivity contribution in [3.05, 3.63) is 0 Å². The summed E-state index contributed by atoms with van der Waals surface area (Å²) in [5.41, 5.74) is 0. The summed E-state index contributed by atoms with van der Waals surface area (Å²) in [6.45, 7) is 6.88. The van der Waals surface area contributed by atoms with Crippen molar-refractivity contribution in [2.75, 3.05) is 13.1 Å². The molecular weight excluding hydrogens is 172 g/mol. The largest absolute Gasteiger partial charge is 0.311 e. The molecule has 1 aliphatic heterocycles. The van der Waals surface area contributed by atoms with Gasteiger partial charge in [0.1, 0.15) is 0 Å². The van der Waals surface area contributed by atoms with E-state index in [0.29, 0.717) is 0 Å². The molecule has 1 saturated heterocycles. The molecule has 0 radical (unpaired) electrons. The minimum atomic E-state index is 0.729. The Hall–Kier alpha value is -0.0800. The fourth-order valence-corrected chi connectivity index (χ4v) is 2.07. The van der Waals surface area contributed by atoms with Crippen LogP contribution in [0.15, 0.2) is 0 Å². The van der Waals surface area contributed by atoms with E-state index in [-0.39, 0.29) is 0 Å². The molecule has 0 saturated carbocycles. The van der Waals surface area contributed by atoms with E-state index in [2.05, 4.69) is 24.5 Å². The van der Waals surface area contributed by atoms with Gasteiger partial charge in [-0.15, -0.1) is 0 Å². The molecule has 1 heterocycles. The van der Waals surface area contributed by atoms with Gasteiger partial charge in [-0.25, -0.2) is 0 Å². The summed E-state index contributed by atoms with van der Waals surface area (Å²) >= 11 is 0. The zero-order valence-electron chi connectivity index (χ0n) is 9.81. The van der Waals surface area contributed by atoms with Crippen molar-refractivity contribution in [3.8, 4) is 0 Å². The van der Waals surface area contributed by atoms with Gasteiger partial charge < -0.3 is 10.6 Å². The van der Waals surface area contributed by atoms with Crippen LogP contribution in [0.1, 0.15) is 52.4 Å². The van der Waals surface area contributed by atoms with Crippen LogP contribution in [-0.2, 0) is 0 Å². The molecule has 0 amide bonds. The highest BCUT2D eigenvalue weighted by atomic mass is 15.1. The van der Waals surface area contributed by atoms with Gasteiger partial charge in [0.2, 0.25) is 0 Å². The Morgan fingerprint density at radius 2 is 1.29 bits per heavy atom. The van der Waals surface area contributed by atoms with Crippen LogP contribution in [0.4, 0.5) is 0 Å². The Bertz CT molecular complexity index is 112. The van der Waals surface area contributed by atoms with Crippen LogP contribution >= 0.6 is 0 Å². The van der Waals surface area contributed by atoms with Gasteiger partial charge in [-0.2, -0.15) is 0 Å². The fraction of sp³-hybridized carbons (Fsp3) is 1.00. The molecule has 0 aromatic rings. The second kappa shape index (κ2) is 7.24. The topological polar surface area (TPSA) is 24.1 Å². The highest BCUT2D eigenvalue weighted by molar-refractivity contribution is 4.82. The third kappa shape index (κ3) is 4.43. The minimum absolute atomic E-state index is 0.729. The maximum atomic E-state index is 3.65. The molecule has 0 aliphatic carbocycles. The summed E-state index contributed by atoms with van der Waals surface area (Å²) in [7, 11) is 0. The first-order valence-electron chi connectivity index (χ1n) is 6.33. The van der Waals surface area contributed by atoms with Crippen LogP contribution in [0, 0.1) is 0 Å². The van der Waals surface area contributed by atoms with Crippen molar-refractivity contribution in [1.29, 1.82) is 0 Å². The monoisotopic (exact) mass is 198 g/mol. The Balaban J connectivity index is 2.05. The van der Waals surface area contributed by atoms with E-state index in [1.807, 2.05) is 0 Å². The molecule has 14 heavy (non-hydrogen) atoms. The second-order valence-corrected chi connectivity index (χ2v) is 4.49. The van der Waals surface area contributed by atoms with Gasteiger partial charge in [0.15, 0.2) is 0 Å². The summed E-state index contributed by atoms with van der Waals surface area (Å²) in [5, 5.41) is 7.30. The van der Waals surface area contributed by atoms with Crippen LogP contribution in [0.25, 0.3) is 0 Å². The van der Waals surface area contributed by atoms with E-state index >= 15 is 0 Å². The first kappa shape index (κ1) is 12.0. The maximum absolute atomic E-state index is 3.65. The molecule has 2 atom stereocenters. The highest BCUT2D eigenvalue weighted by Crippen LogP contribution is 2.07. The highest BCUT2D eigenvalue weighted by Gasteiger charge is 2.18. The average molecular weight is 198 g/mol. The summed E-state index contributed by atoms with van der Waals surface area (Å²) < 4.78 is 0. The summed E-state index contributed by atoms with van der Waals surface area (Å²) in [6, 6.07) is 1.46. The number of hydrogen-bond donors (Lipinski definition) is 2. The normalized spacial score (nSPS) is 27.9. The van der Waals surface area contributed by atoms with Crippen molar-refractivity contribution in [2.45, 2.75) is 64.5 Å². The molecule has 0 aromatic heterocycles. The van der Waals surface area contributed by atoms with Gasteiger partial charge in [-0.1, -0.05) is 39.5 Å². The van der Waals surface area contributed by atoms with E-state index in [1.54, 1.807) is 0 Å². The Morgan fingerprint density at radius 1 is 0.857 bits per heavy atom. The number of piperazine rings is 1. The average Bonchev–Trinajstić information content (AvgIpc) is 2.25. The van der Waals surface area contributed by atoms with Crippen LogP contribution in [-0.4, -0.2) is 25.2 Å². The van der Waals surface area contributed by atoms with E-state index in [9.17, 15) is 0 Å². The Morgan fingerprint density at radius 3 is 1.57 bits per heavy atom. The van der Waals surface area contributed by atoms with Crippen molar-refractivity contribution in [2.24, 2.45) is 0 Å². The Kier molecular flexibility index (Phi) is 6.20. The second-order valence-electron chi connectivity index (χ2n) is 4.49. The minimum Gasteiger partial charge on any atom is -0.311 e. The summed E-state index contributed by atoms with van der Waals surface area (Å²) in [4.78, 5) is 0. The first-order valence-corrected chi connectivity index (χ1v) is 6.33. The fourth-order valence-electron chi connectivity index (χ4n) is 2.07. The molecule has 0 aromatic carbocycles. The van der Waals surface area contributed by atoms with Crippen molar-refractivity contribution in [1.82, 2.24) is 10.6 Å². The van der Waals surface area contributed by atoms with Gasteiger partial charge in [-0.3, -0.25) is 0 Å². The zero-order chi connectivity index (χ0) is 10.2. The molecule has 84 valence electrons. The SMILES string of the molecule is CCCC[C@H]1CN[C@@H](CCCC)CN1. The molecule has 1 rings (SSSR count). The van der Waals surface area contributed by atoms with E-state index in [0.717, 1.165) is 12.1 Å². The van der Waals surface area contributed by atoms with Gasteiger partial charge in [0.25, 0.3) is 0 Å². The van der Waals surface area contributed by atoms with E-state index in [4.69, 9.17) is 0 Å². The van der Waals surface area contributed by atoms with Crippen molar-refractivity contribution >= 4 is 0 Å². The maximum Gasteiger partial charge on any atom is 0.0193 e. The third-order valence-electron chi connectivity index (χ3n) is 3.12. The number of unbranched alkanes of at least 4 members (excludes halogenated alkanes) is 2. The van der Waals surface area contributed by atoms with Crippen molar-refractivity contribution < 1.29 is 0 Å². The number of rotatable bonds is 6. The molecule has 1 fully saturated rings. The smallest absolute Gasteiger partial charge is 0.0193 e. The lowest BCUT2D eigenvalue weighted by Gasteiger charge is -2.31. The molecule has 2 heteroatoms. The van der Waals surface area contributed by atoms with Crippen molar-refractivity contribution in [3.63, 3.8) is 0 Å². The molecule has 0 bridgehead atoms. The van der Waals surface area contributed by atoms with Crippen LogP contribution in [0.2, 0.25) is 0 Å². The summed E-state index contributed by atoms with van der Waals surface area (Å²) in [6.07, 6.45) is 8.03. The van der Waals surface area contributed by atoms with Gasteiger partial charge >= 0.3 is 0 Å². The van der Waals surface area contributed by atoms with E-state index < -0.39 is 0 Å². The van der Waals surface area contributed by atoms with Gasteiger partial charge in [0, 0.05) is 25.2 Å². The zero-order valence-corrected chi connectivity index (χ0v) is 9.81. The molecule has 0 unspecified atom stereocenters. The lowest BCUT2D eigenvalue weighted by Crippen LogP contribution is -2.54. The summed E-state index contributed by atoms with van der Waals surface area (Å²) in [5.74, 6) is 0. The number of nitrogens with one attached hydrogen (secondary N) is 2. The van der Waals surface area contributed by atoms with E-state index in [1.165, 1.54) is 51.6 Å². The van der Waals surface area contributed by atoms with Crippen LogP contribution in [0.5, 0.6) is 0 Å². The lowest BCUT2D eigenvalue weighted by atomic mass is 10.0. The standard InChI is InChI=1S/C12H26N2/c1-3-5-7-11-9-14-12(10-13-11)8-6-4-2/h11-14H,3-10H2,1-2H3/t11-,12-/m0/s1. The third-order valence-corrected chi connectivity index (χ3v) is 3.12. The first-order chi connectivity index (χ1) is 6.86. The molecule has 2 nitrogen and oxygen atoms in total.